The lowest BCUT2D eigenvalue weighted by atomic mass is 9.94. The molecule has 3 aliphatic rings. The topological polar surface area (TPSA) is 49.4 Å². The third kappa shape index (κ3) is 2.26. The molecule has 0 aromatic rings. The van der Waals surface area contributed by atoms with E-state index in [0.717, 1.165) is 19.3 Å². The molecule has 2 aliphatic carbocycles. The van der Waals surface area contributed by atoms with Crippen LogP contribution in [0.25, 0.3) is 0 Å². The van der Waals surface area contributed by atoms with Crippen molar-refractivity contribution in [1.29, 1.82) is 0 Å². The molecule has 3 unspecified atom stereocenters. The molecule has 0 spiro atoms. The van der Waals surface area contributed by atoms with Gasteiger partial charge in [0.1, 0.15) is 5.54 Å². The van der Waals surface area contributed by atoms with Gasteiger partial charge in [0.2, 0.25) is 11.8 Å². The molecule has 3 fully saturated rings. The Labute approximate surface area is 114 Å². The zero-order chi connectivity index (χ0) is 13.6. The molecule has 0 aromatic carbocycles. The Morgan fingerprint density at radius 3 is 2.74 bits per heavy atom. The molecule has 0 aromatic heterocycles. The average Bonchev–Trinajstić information content (AvgIpc) is 3.21. The molecule has 3 atom stereocenters. The molecular weight excluding hydrogens is 240 g/mol. The molecule has 4 nitrogen and oxygen atoms in total. The van der Waals surface area contributed by atoms with Gasteiger partial charge in [-0.25, -0.2) is 0 Å². The van der Waals surface area contributed by atoms with Crippen LogP contribution in [0.1, 0.15) is 52.4 Å². The largest absolute Gasteiger partial charge is 0.342 e. The lowest BCUT2D eigenvalue weighted by Gasteiger charge is -2.32. The molecule has 1 heterocycles. The van der Waals surface area contributed by atoms with E-state index < -0.39 is 5.54 Å². The summed E-state index contributed by atoms with van der Waals surface area (Å²) in [7, 11) is 0. The fourth-order valence-electron chi connectivity index (χ4n) is 3.58. The van der Waals surface area contributed by atoms with E-state index in [1.807, 2.05) is 11.8 Å². The molecule has 0 bridgehead atoms. The first-order valence-corrected chi connectivity index (χ1v) is 7.68. The average molecular weight is 264 g/mol. The second kappa shape index (κ2) is 4.50. The summed E-state index contributed by atoms with van der Waals surface area (Å²) in [6.45, 7) is 4.73. The predicted octanol–water partition coefficient (Wildman–Crippen LogP) is 1.69. The zero-order valence-electron chi connectivity index (χ0n) is 11.9. The molecule has 106 valence electrons. The molecule has 1 saturated heterocycles. The van der Waals surface area contributed by atoms with Crippen molar-refractivity contribution >= 4 is 11.8 Å². The summed E-state index contributed by atoms with van der Waals surface area (Å²) in [6.07, 6.45) is 6.12. The summed E-state index contributed by atoms with van der Waals surface area (Å²) < 4.78 is 0. The minimum atomic E-state index is -0.632. The van der Waals surface area contributed by atoms with Crippen molar-refractivity contribution in [3.8, 4) is 0 Å². The first kappa shape index (κ1) is 12.9. The Balaban J connectivity index is 1.77. The molecule has 1 aliphatic heterocycles. The van der Waals surface area contributed by atoms with Crippen LogP contribution in [0.5, 0.6) is 0 Å². The van der Waals surface area contributed by atoms with E-state index in [-0.39, 0.29) is 11.8 Å². The fourth-order valence-corrected chi connectivity index (χ4v) is 3.58. The van der Waals surface area contributed by atoms with Crippen LogP contribution in [0.15, 0.2) is 0 Å². The molecular formula is C15H24N2O2. The van der Waals surface area contributed by atoms with Crippen LogP contribution in [0, 0.1) is 11.8 Å². The van der Waals surface area contributed by atoms with E-state index >= 15 is 0 Å². The number of nitrogens with one attached hydrogen (secondary N) is 1. The van der Waals surface area contributed by atoms with Gasteiger partial charge in [0.15, 0.2) is 0 Å². The Kier molecular flexibility index (Phi) is 3.06. The van der Waals surface area contributed by atoms with Crippen LogP contribution in [-0.2, 0) is 9.59 Å². The number of carbonyl (C=O) groups is 2. The van der Waals surface area contributed by atoms with E-state index in [2.05, 4.69) is 12.2 Å². The Morgan fingerprint density at radius 2 is 2.11 bits per heavy atom. The highest BCUT2D eigenvalue weighted by molar-refractivity contribution is 5.94. The quantitative estimate of drug-likeness (QED) is 0.840. The highest BCUT2D eigenvalue weighted by Gasteiger charge is 2.54. The maximum atomic E-state index is 12.8. The van der Waals surface area contributed by atoms with Crippen molar-refractivity contribution in [2.45, 2.75) is 64.0 Å². The van der Waals surface area contributed by atoms with Gasteiger partial charge in [0, 0.05) is 19.0 Å². The Hall–Kier alpha value is -1.06. The minimum absolute atomic E-state index is 0.0398. The van der Waals surface area contributed by atoms with E-state index in [0.29, 0.717) is 30.8 Å². The third-order valence-corrected chi connectivity index (χ3v) is 5.02. The number of rotatable bonds is 4. The van der Waals surface area contributed by atoms with Gasteiger partial charge >= 0.3 is 0 Å². The van der Waals surface area contributed by atoms with Gasteiger partial charge in [-0.1, -0.05) is 13.3 Å². The van der Waals surface area contributed by atoms with Crippen molar-refractivity contribution in [3.63, 3.8) is 0 Å². The standard InChI is InChI=1S/C15H24N2O2/c1-3-4-10-9-12(10)17-8-7-13(18)16-15(2,14(17)19)11-5-6-11/h10-12H,3-9H2,1-2H3,(H,16,18). The summed E-state index contributed by atoms with van der Waals surface area (Å²) in [5.74, 6) is 1.24. The number of nitrogens with zero attached hydrogens (tertiary/aromatic N) is 1. The van der Waals surface area contributed by atoms with Crippen LogP contribution < -0.4 is 5.32 Å². The van der Waals surface area contributed by atoms with Gasteiger partial charge < -0.3 is 10.2 Å². The summed E-state index contributed by atoms with van der Waals surface area (Å²) in [4.78, 5) is 26.7. The summed E-state index contributed by atoms with van der Waals surface area (Å²) in [5, 5.41) is 3.00. The maximum absolute atomic E-state index is 12.8. The van der Waals surface area contributed by atoms with E-state index in [1.54, 1.807) is 0 Å². The van der Waals surface area contributed by atoms with Crippen LogP contribution in [-0.4, -0.2) is 34.8 Å². The SMILES string of the molecule is CCCC1CC1N1CCC(=O)NC(C)(C2CC2)C1=O. The number of amides is 2. The van der Waals surface area contributed by atoms with Gasteiger partial charge in [-0.2, -0.15) is 0 Å². The highest BCUT2D eigenvalue weighted by Crippen LogP contribution is 2.45. The summed E-state index contributed by atoms with van der Waals surface area (Å²) >= 11 is 0. The van der Waals surface area contributed by atoms with Gasteiger partial charge in [0.05, 0.1) is 0 Å². The van der Waals surface area contributed by atoms with E-state index in [9.17, 15) is 9.59 Å². The molecule has 2 saturated carbocycles. The van der Waals surface area contributed by atoms with Gasteiger partial charge in [-0.05, 0) is 44.4 Å². The monoisotopic (exact) mass is 264 g/mol. The third-order valence-electron chi connectivity index (χ3n) is 5.02. The van der Waals surface area contributed by atoms with Crippen LogP contribution >= 0.6 is 0 Å². The fraction of sp³-hybridized carbons (Fsp3) is 0.867. The van der Waals surface area contributed by atoms with Crippen LogP contribution in [0.2, 0.25) is 0 Å². The van der Waals surface area contributed by atoms with Crippen molar-refractivity contribution in [2.75, 3.05) is 6.54 Å². The zero-order valence-corrected chi connectivity index (χ0v) is 11.9. The maximum Gasteiger partial charge on any atom is 0.248 e. The second-order valence-electron chi connectivity index (χ2n) is 6.63. The molecule has 0 radical (unpaired) electrons. The smallest absolute Gasteiger partial charge is 0.248 e. The van der Waals surface area contributed by atoms with Crippen molar-refractivity contribution in [3.05, 3.63) is 0 Å². The molecule has 19 heavy (non-hydrogen) atoms. The minimum Gasteiger partial charge on any atom is -0.342 e. The molecule has 3 rings (SSSR count). The van der Waals surface area contributed by atoms with Gasteiger partial charge in [-0.15, -0.1) is 0 Å². The van der Waals surface area contributed by atoms with Gasteiger partial charge in [0.25, 0.3) is 0 Å². The normalized spacial score (nSPS) is 38.9. The summed E-state index contributed by atoms with van der Waals surface area (Å²) in [5.41, 5.74) is -0.632. The van der Waals surface area contributed by atoms with E-state index in [4.69, 9.17) is 0 Å². The summed E-state index contributed by atoms with van der Waals surface area (Å²) in [6, 6.07) is 0.401. The first-order chi connectivity index (χ1) is 9.06. The molecule has 1 N–H and O–H groups in total. The number of carbonyl (C=O) groups excluding carboxylic acids is 2. The molecule has 4 heteroatoms. The van der Waals surface area contributed by atoms with Gasteiger partial charge in [-0.3, -0.25) is 9.59 Å². The van der Waals surface area contributed by atoms with Crippen LogP contribution in [0.4, 0.5) is 0 Å². The lowest BCUT2D eigenvalue weighted by Crippen LogP contribution is -2.57. The van der Waals surface area contributed by atoms with Crippen molar-refractivity contribution in [1.82, 2.24) is 10.2 Å². The second-order valence-corrected chi connectivity index (χ2v) is 6.63. The van der Waals surface area contributed by atoms with Crippen LogP contribution in [0.3, 0.4) is 0 Å². The number of hydrogen-bond acceptors (Lipinski definition) is 2. The Bertz CT molecular complexity index is 405. The van der Waals surface area contributed by atoms with Crippen molar-refractivity contribution in [2.24, 2.45) is 11.8 Å². The highest BCUT2D eigenvalue weighted by atomic mass is 16.2. The Morgan fingerprint density at radius 1 is 1.37 bits per heavy atom. The predicted molar refractivity (Wildman–Crippen MR) is 72.4 cm³/mol. The lowest BCUT2D eigenvalue weighted by molar-refractivity contribution is -0.139. The van der Waals surface area contributed by atoms with Crippen molar-refractivity contribution < 1.29 is 9.59 Å². The number of hydrogen-bond donors (Lipinski definition) is 1. The van der Waals surface area contributed by atoms with E-state index in [1.165, 1.54) is 12.8 Å². The first-order valence-electron chi connectivity index (χ1n) is 7.68. The molecule has 2 amide bonds.